The van der Waals surface area contributed by atoms with Crippen LogP contribution in [0.4, 0.5) is 13.2 Å². The first-order valence-corrected chi connectivity index (χ1v) is 7.86. The van der Waals surface area contributed by atoms with Crippen molar-refractivity contribution in [1.82, 2.24) is 5.32 Å². The largest absolute Gasteiger partial charge is 0.375 e. The zero-order chi connectivity index (χ0) is 15.7. The molecule has 21 heavy (non-hydrogen) atoms. The highest BCUT2D eigenvalue weighted by Gasteiger charge is 2.13. The number of nitrogens with one attached hydrogen (secondary N) is 1. The maximum absolute atomic E-state index is 13.5. The molecule has 0 radical (unpaired) electrons. The van der Waals surface area contributed by atoms with Gasteiger partial charge in [-0.05, 0) is 53.4 Å². The first kappa shape index (κ1) is 18.5. The number of ether oxygens (including phenoxy) is 1. The second-order valence-electron chi connectivity index (χ2n) is 4.82. The first-order chi connectivity index (χ1) is 10.0. The van der Waals surface area contributed by atoms with E-state index in [1.165, 1.54) is 6.07 Å². The van der Waals surface area contributed by atoms with Gasteiger partial charge < -0.3 is 10.1 Å². The molecule has 0 aliphatic carbocycles. The van der Waals surface area contributed by atoms with Gasteiger partial charge in [0, 0.05) is 12.6 Å². The Morgan fingerprint density at radius 2 is 2.10 bits per heavy atom. The van der Waals surface area contributed by atoms with Gasteiger partial charge in [0.1, 0.15) is 12.4 Å². The van der Waals surface area contributed by atoms with Crippen LogP contribution in [0.25, 0.3) is 0 Å². The molecule has 0 bridgehead atoms. The van der Waals surface area contributed by atoms with Gasteiger partial charge in [-0.1, -0.05) is 19.1 Å². The summed E-state index contributed by atoms with van der Waals surface area (Å²) >= 11 is 3.24. The lowest BCUT2D eigenvalue weighted by Crippen LogP contribution is -2.33. The molecule has 0 heterocycles. The van der Waals surface area contributed by atoms with Crippen LogP contribution in [-0.4, -0.2) is 32.2 Å². The molecule has 1 aromatic rings. The molecule has 1 atom stereocenters. The van der Waals surface area contributed by atoms with Crippen LogP contribution < -0.4 is 5.32 Å². The maximum atomic E-state index is 13.5. The average molecular weight is 368 g/mol. The van der Waals surface area contributed by atoms with Crippen molar-refractivity contribution in [2.75, 3.05) is 19.8 Å². The summed E-state index contributed by atoms with van der Waals surface area (Å²) in [5.74, 6) is -0.296. The molecule has 0 amide bonds. The van der Waals surface area contributed by atoms with E-state index in [1.807, 2.05) is 6.07 Å². The molecule has 0 fully saturated rings. The van der Waals surface area contributed by atoms with E-state index in [1.54, 1.807) is 6.07 Å². The van der Waals surface area contributed by atoms with Gasteiger partial charge in [0.25, 0.3) is 6.43 Å². The van der Waals surface area contributed by atoms with Crippen LogP contribution in [0, 0.1) is 5.82 Å². The minimum atomic E-state index is -2.44. The fourth-order valence-electron chi connectivity index (χ4n) is 1.99. The molecule has 0 aliphatic heterocycles. The molecular formula is C15H21BrF3NO. The highest BCUT2D eigenvalue weighted by molar-refractivity contribution is 9.10. The van der Waals surface area contributed by atoms with E-state index in [0.29, 0.717) is 17.3 Å². The van der Waals surface area contributed by atoms with Crippen LogP contribution in [0.1, 0.15) is 25.3 Å². The quantitative estimate of drug-likeness (QED) is 0.626. The Bertz CT molecular complexity index is 418. The Hall–Kier alpha value is -0.590. The second kappa shape index (κ2) is 10.2. The Balaban J connectivity index is 2.54. The minimum Gasteiger partial charge on any atom is -0.375 e. The lowest BCUT2D eigenvalue weighted by molar-refractivity contribution is 0.0144. The summed E-state index contributed by atoms with van der Waals surface area (Å²) in [6.07, 6.45) is -0.241. The Kier molecular flexibility index (Phi) is 8.96. The van der Waals surface area contributed by atoms with Crippen LogP contribution >= 0.6 is 15.9 Å². The molecule has 6 heteroatoms. The zero-order valence-electron chi connectivity index (χ0n) is 12.0. The molecule has 120 valence electrons. The summed E-state index contributed by atoms with van der Waals surface area (Å²) in [6, 6.07) is 4.99. The summed E-state index contributed by atoms with van der Waals surface area (Å²) in [5, 5.41) is 3.34. The summed E-state index contributed by atoms with van der Waals surface area (Å²) in [6.45, 7) is 2.60. The maximum Gasteiger partial charge on any atom is 0.261 e. The number of hydrogen-bond donors (Lipinski definition) is 1. The topological polar surface area (TPSA) is 21.3 Å². The van der Waals surface area contributed by atoms with Crippen LogP contribution in [-0.2, 0) is 11.2 Å². The lowest BCUT2D eigenvalue weighted by Gasteiger charge is -2.19. The summed E-state index contributed by atoms with van der Waals surface area (Å²) in [7, 11) is 0. The fraction of sp³-hybridized carbons (Fsp3) is 0.600. The van der Waals surface area contributed by atoms with Gasteiger partial charge in [-0.3, -0.25) is 0 Å². The predicted molar refractivity (Wildman–Crippen MR) is 81.3 cm³/mol. The molecule has 0 saturated heterocycles. The molecule has 0 saturated carbocycles. The number of halogens is 4. The third kappa shape index (κ3) is 7.29. The standard InChI is InChI=1S/C15H21BrF3NO/c1-2-7-20-12(6-8-21-10-14(18)19)9-11-4-3-5-13(17)15(11)16/h3-5,12,14,20H,2,6-10H2,1H3. The lowest BCUT2D eigenvalue weighted by atomic mass is 10.0. The highest BCUT2D eigenvalue weighted by Crippen LogP contribution is 2.22. The number of hydrogen-bond acceptors (Lipinski definition) is 2. The van der Waals surface area contributed by atoms with E-state index in [4.69, 9.17) is 4.74 Å². The van der Waals surface area contributed by atoms with Crippen molar-refractivity contribution in [2.24, 2.45) is 0 Å². The Morgan fingerprint density at radius 3 is 2.76 bits per heavy atom. The van der Waals surface area contributed by atoms with E-state index in [0.717, 1.165) is 18.5 Å². The fourth-order valence-corrected chi connectivity index (χ4v) is 2.42. The van der Waals surface area contributed by atoms with Crippen molar-refractivity contribution >= 4 is 15.9 Å². The van der Waals surface area contributed by atoms with Gasteiger partial charge in [-0.2, -0.15) is 0 Å². The van der Waals surface area contributed by atoms with Crippen molar-refractivity contribution in [2.45, 2.75) is 38.7 Å². The summed E-state index contributed by atoms with van der Waals surface area (Å²) < 4.78 is 42.9. The third-order valence-corrected chi connectivity index (χ3v) is 3.92. The molecule has 1 unspecified atom stereocenters. The van der Waals surface area contributed by atoms with Gasteiger partial charge in [-0.25, -0.2) is 13.2 Å². The minimum absolute atomic E-state index is 0.0701. The first-order valence-electron chi connectivity index (χ1n) is 7.06. The molecule has 1 N–H and O–H groups in total. The SMILES string of the molecule is CCCNC(CCOCC(F)F)Cc1cccc(F)c1Br. The van der Waals surface area contributed by atoms with Crippen LogP contribution in [0.2, 0.25) is 0 Å². The van der Waals surface area contributed by atoms with Gasteiger partial charge in [-0.15, -0.1) is 0 Å². The monoisotopic (exact) mass is 367 g/mol. The van der Waals surface area contributed by atoms with Crippen molar-refractivity contribution in [3.63, 3.8) is 0 Å². The number of benzene rings is 1. The molecular weight excluding hydrogens is 347 g/mol. The average Bonchev–Trinajstić information content (AvgIpc) is 2.45. The van der Waals surface area contributed by atoms with Gasteiger partial charge in [0.05, 0.1) is 4.47 Å². The Labute approximate surface area is 132 Å². The molecule has 0 aliphatic rings. The number of rotatable bonds is 10. The molecule has 2 nitrogen and oxygen atoms in total. The normalized spacial score (nSPS) is 12.9. The smallest absolute Gasteiger partial charge is 0.261 e. The molecule has 0 spiro atoms. The predicted octanol–water partition coefficient (Wildman–Crippen LogP) is 4.17. The van der Waals surface area contributed by atoms with Crippen LogP contribution in [0.5, 0.6) is 0 Å². The van der Waals surface area contributed by atoms with Gasteiger partial charge >= 0.3 is 0 Å². The van der Waals surface area contributed by atoms with Crippen molar-refractivity contribution in [3.05, 3.63) is 34.1 Å². The highest BCUT2D eigenvalue weighted by atomic mass is 79.9. The molecule has 1 aromatic carbocycles. The third-order valence-electron chi connectivity index (χ3n) is 3.04. The second-order valence-corrected chi connectivity index (χ2v) is 5.62. The van der Waals surface area contributed by atoms with Gasteiger partial charge in [0.2, 0.25) is 0 Å². The summed E-state index contributed by atoms with van der Waals surface area (Å²) in [5.41, 5.74) is 0.859. The Morgan fingerprint density at radius 1 is 1.33 bits per heavy atom. The molecule has 1 rings (SSSR count). The zero-order valence-corrected chi connectivity index (χ0v) is 13.6. The van der Waals surface area contributed by atoms with Crippen LogP contribution in [0.3, 0.4) is 0 Å². The van der Waals surface area contributed by atoms with E-state index in [-0.39, 0.29) is 18.5 Å². The van der Waals surface area contributed by atoms with Crippen LogP contribution in [0.15, 0.2) is 22.7 Å². The summed E-state index contributed by atoms with van der Waals surface area (Å²) in [4.78, 5) is 0. The van der Waals surface area contributed by atoms with E-state index in [9.17, 15) is 13.2 Å². The molecule has 0 aromatic heterocycles. The van der Waals surface area contributed by atoms with Crippen molar-refractivity contribution in [3.8, 4) is 0 Å². The van der Waals surface area contributed by atoms with Crippen molar-refractivity contribution < 1.29 is 17.9 Å². The number of alkyl halides is 2. The van der Waals surface area contributed by atoms with E-state index >= 15 is 0 Å². The van der Waals surface area contributed by atoms with E-state index < -0.39 is 13.0 Å². The van der Waals surface area contributed by atoms with Gasteiger partial charge in [0.15, 0.2) is 0 Å². The van der Waals surface area contributed by atoms with E-state index in [2.05, 4.69) is 28.2 Å². The van der Waals surface area contributed by atoms with Crippen molar-refractivity contribution in [1.29, 1.82) is 0 Å².